The summed E-state index contributed by atoms with van der Waals surface area (Å²) < 4.78 is 0. The van der Waals surface area contributed by atoms with Gasteiger partial charge in [-0.3, -0.25) is 4.79 Å². The summed E-state index contributed by atoms with van der Waals surface area (Å²) in [7, 11) is 0. The van der Waals surface area contributed by atoms with Crippen molar-refractivity contribution < 1.29 is 4.79 Å². The molecule has 2 nitrogen and oxygen atoms in total. The SMILES string of the molecule is CCNC(=O)CC/C=C\C[C@H]1CCCC1CCCCCc1ccccc1. The Hall–Kier alpha value is -1.57. The minimum Gasteiger partial charge on any atom is -0.356 e. The second-order valence-electron chi connectivity index (χ2n) is 7.74. The smallest absolute Gasteiger partial charge is 0.220 e. The van der Waals surface area contributed by atoms with Crippen molar-refractivity contribution >= 4 is 5.91 Å². The summed E-state index contributed by atoms with van der Waals surface area (Å²) in [6.45, 7) is 2.70. The molecule has 1 N–H and O–H groups in total. The molecule has 0 saturated heterocycles. The van der Waals surface area contributed by atoms with Crippen LogP contribution in [-0.4, -0.2) is 12.5 Å². The molecule has 0 bridgehead atoms. The van der Waals surface area contributed by atoms with Crippen LogP contribution in [0.3, 0.4) is 0 Å². The van der Waals surface area contributed by atoms with Crippen LogP contribution in [0.4, 0.5) is 0 Å². The number of benzene rings is 1. The van der Waals surface area contributed by atoms with Gasteiger partial charge in [-0.05, 0) is 56.4 Å². The van der Waals surface area contributed by atoms with Gasteiger partial charge in [-0.25, -0.2) is 0 Å². The minimum atomic E-state index is 0.173. The number of aryl methyl sites for hydroxylation is 1. The molecule has 144 valence electrons. The van der Waals surface area contributed by atoms with Gasteiger partial charge < -0.3 is 5.32 Å². The van der Waals surface area contributed by atoms with Gasteiger partial charge in [-0.1, -0.05) is 74.6 Å². The van der Waals surface area contributed by atoms with Crippen molar-refractivity contribution in [1.82, 2.24) is 5.32 Å². The Bertz CT molecular complexity index is 522. The van der Waals surface area contributed by atoms with E-state index >= 15 is 0 Å². The van der Waals surface area contributed by atoms with E-state index in [2.05, 4.69) is 47.8 Å². The molecular weight excluding hydrogens is 318 g/mol. The maximum absolute atomic E-state index is 11.4. The van der Waals surface area contributed by atoms with Crippen LogP contribution in [-0.2, 0) is 11.2 Å². The van der Waals surface area contributed by atoms with Gasteiger partial charge in [0, 0.05) is 13.0 Å². The monoisotopic (exact) mass is 355 g/mol. The van der Waals surface area contributed by atoms with Gasteiger partial charge in [0.05, 0.1) is 0 Å². The third kappa shape index (κ3) is 8.21. The molecular formula is C24H37NO. The Balaban J connectivity index is 1.55. The summed E-state index contributed by atoms with van der Waals surface area (Å²) in [5.41, 5.74) is 1.48. The fraction of sp³-hybridized carbons (Fsp3) is 0.625. The summed E-state index contributed by atoms with van der Waals surface area (Å²) >= 11 is 0. The molecule has 0 radical (unpaired) electrons. The van der Waals surface area contributed by atoms with E-state index in [-0.39, 0.29) is 5.91 Å². The zero-order chi connectivity index (χ0) is 18.5. The lowest BCUT2D eigenvalue weighted by Gasteiger charge is -2.18. The molecule has 2 atom stereocenters. The van der Waals surface area contributed by atoms with E-state index < -0.39 is 0 Å². The largest absolute Gasteiger partial charge is 0.356 e. The first-order chi connectivity index (χ1) is 12.8. The summed E-state index contributed by atoms with van der Waals surface area (Å²) in [5, 5.41) is 2.86. The number of hydrogen-bond acceptors (Lipinski definition) is 1. The lowest BCUT2D eigenvalue weighted by atomic mass is 9.88. The van der Waals surface area contributed by atoms with Crippen LogP contribution in [0.5, 0.6) is 0 Å². The molecule has 0 aromatic heterocycles. The van der Waals surface area contributed by atoms with Crippen LogP contribution in [0.15, 0.2) is 42.5 Å². The zero-order valence-corrected chi connectivity index (χ0v) is 16.6. The van der Waals surface area contributed by atoms with E-state index in [1.165, 1.54) is 63.4 Å². The molecule has 1 aliphatic rings. The van der Waals surface area contributed by atoms with E-state index in [4.69, 9.17) is 0 Å². The third-order valence-corrected chi connectivity index (χ3v) is 5.72. The Labute approximate surface area is 160 Å². The Kier molecular flexibility index (Phi) is 10.2. The highest BCUT2D eigenvalue weighted by Crippen LogP contribution is 2.37. The van der Waals surface area contributed by atoms with Gasteiger partial charge in [0.1, 0.15) is 0 Å². The number of carbonyl (C=O) groups excluding carboxylic acids is 1. The average Bonchev–Trinajstić information content (AvgIpc) is 3.09. The van der Waals surface area contributed by atoms with E-state index in [0.717, 1.165) is 24.8 Å². The third-order valence-electron chi connectivity index (χ3n) is 5.72. The van der Waals surface area contributed by atoms with Crippen molar-refractivity contribution in [3.63, 3.8) is 0 Å². The van der Waals surface area contributed by atoms with Crippen LogP contribution in [0.25, 0.3) is 0 Å². The summed E-state index contributed by atoms with van der Waals surface area (Å²) in [6.07, 6.45) is 18.2. The zero-order valence-electron chi connectivity index (χ0n) is 16.6. The van der Waals surface area contributed by atoms with Gasteiger partial charge in [0.25, 0.3) is 0 Å². The normalized spacial score (nSPS) is 19.9. The molecule has 0 aliphatic heterocycles. The fourth-order valence-electron chi connectivity index (χ4n) is 4.25. The average molecular weight is 356 g/mol. The molecule has 2 heteroatoms. The number of unbranched alkanes of at least 4 members (excludes halogenated alkanes) is 2. The lowest BCUT2D eigenvalue weighted by Crippen LogP contribution is -2.21. The number of amides is 1. The Morgan fingerprint density at radius 1 is 1.08 bits per heavy atom. The van der Waals surface area contributed by atoms with Crippen molar-refractivity contribution in [2.45, 2.75) is 77.6 Å². The summed E-state index contributed by atoms with van der Waals surface area (Å²) in [5.74, 6) is 1.98. The van der Waals surface area contributed by atoms with Crippen molar-refractivity contribution in [1.29, 1.82) is 0 Å². The molecule has 1 saturated carbocycles. The Morgan fingerprint density at radius 2 is 1.88 bits per heavy atom. The van der Waals surface area contributed by atoms with Crippen molar-refractivity contribution in [3.05, 3.63) is 48.0 Å². The highest BCUT2D eigenvalue weighted by atomic mass is 16.1. The van der Waals surface area contributed by atoms with Gasteiger partial charge in [-0.2, -0.15) is 0 Å². The van der Waals surface area contributed by atoms with Crippen LogP contribution >= 0.6 is 0 Å². The van der Waals surface area contributed by atoms with Crippen LogP contribution in [0.2, 0.25) is 0 Å². The number of carbonyl (C=O) groups is 1. The van der Waals surface area contributed by atoms with Crippen LogP contribution in [0.1, 0.15) is 76.7 Å². The van der Waals surface area contributed by atoms with Gasteiger partial charge in [0.15, 0.2) is 0 Å². The highest BCUT2D eigenvalue weighted by molar-refractivity contribution is 5.75. The minimum absolute atomic E-state index is 0.173. The molecule has 1 aliphatic carbocycles. The molecule has 1 unspecified atom stereocenters. The number of allylic oxidation sites excluding steroid dienone is 2. The molecule has 1 amide bonds. The van der Waals surface area contributed by atoms with Crippen molar-refractivity contribution in [3.8, 4) is 0 Å². The first-order valence-electron chi connectivity index (χ1n) is 10.7. The van der Waals surface area contributed by atoms with E-state index in [1.807, 2.05) is 6.92 Å². The summed E-state index contributed by atoms with van der Waals surface area (Å²) in [4.78, 5) is 11.4. The van der Waals surface area contributed by atoms with Gasteiger partial charge in [0.2, 0.25) is 5.91 Å². The Morgan fingerprint density at radius 3 is 2.69 bits per heavy atom. The van der Waals surface area contributed by atoms with Crippen molar-refractivity contribution in [2.75, 3.05) is 6.54 Å². The highest BCUT2D eigenvalue weighted by Gasteiger charge is 2.25. The maximum atomic E-state index is 11.4. The fourth-order valence-corrected chi connectivity index (χ4v) is 4.25. The number of hydrogen-bond donors (Lipinski definition) is 1. The molecule has 1 aromatic carbocycles. The molecule has 1 aromatic rings. The van der Waals surface area contributed by atoms with E-state index in [9.17, 15) is 4.79 Å². The molecule has 2 rings (SSSR count). The first kappa shape index (κ1) is 20.7. The van der Waals surface area contributed by atoms with Gasteiger partial charge in [-0.15, -0.1) is 0 Å². The number of rotatable bonds is 12. The lowest BCUT2D eigenvalue weighted by molar-refractivity contribution is -0.120. The first-order valence-corrected chi connectivity index (χ1v) is 10.7. The molecule has 0 heterocycles. The van der Waals surface area contributed by atoms with Crippen molar-refractivity contribution in [2.24, 2.45) is 11.8 Å². The van der Waals surface area contributed by atoms with Gasteiger partial charge >= 0.3 is 0 Å². The summed E-state index contributed by atoms with van der Waals surface area (Å²) in [6, 6.07) is 10.9. The maximum Gasteiger partial charge on any atom is 0.220 e. The molecule has 1 fully saturated rings. The molecule has 26 heavy (non-hydrogen) atoms. The standard InChI is InChI=1S/C24H37NO/c1-2-25-24(26)20-11-5-10-17-23-19-12-18-22(23)16-9-4-8-15-21-13-6-3-7-14-21/h3,5-7,10,13-14,22-23H,2,4,8-9,11-12,15-20H2,1H3,(H,25,26)/b10-5-/t22?,23-/m0/s1. The predicted octanol–water partition coefficient (Wildman–Crippen LogP) is 6.07. The van der Waals surface area contributed by atoms with Crippen LogP contribution in [0, 0.1) is 11.8 Å². The van der Waals surface area contributed by atoms with E-state index in [0.29, 0.717) is 6.42 Å². The van der Waals surface area contributed by atoms with E-state index in [1.54, 1.807) is 0 Å². The van der Waals surface area contributed by atoms with Crippen LogP contribution < -0.4 is 5.32 Å². The second-order valence-corrected chi connectivity index (χ2v) is 7.74. The predicted molar refractivity (Wildman–Crippen MR) is 111 cm³/mol. The topological polar surface area (TPSA) is 29.1 Å². The quantitative estimate of drug-likeness (QED) is 0.358. The molecule has 0 spiro atoms. The number of nitrogens with one attached hydrogen (secondary N) is 1. The second kappa shape index (κ2) is 12.7.